The summed E-state index contributed by atoms with van der Waals surface area (Å²) in [7, 11) is 0. The molecular weight excluding hydrogens is 315 g/mol. The average molecular weight is 329 g/mol. The largest absolute Gasteiger partial charge is 0.376 e. The van der Waals surface area contributed by atoms with E-state index in [4.69, 9.17) is 10.5 Å². The molecule has 1 saturated heterocycles. The Balaban J connectivity index is 1.71. The smallest absolute Gasteiger partial charge is 0.254 e. The van der Waals surface area contributed by atoms with Crippen LogP contribution >= 0.6 is 15.9 Å². The third-order valence-electron chi connectivity index (χ3n) is 3.92. The number of carbonyl (C=O) groups excluding carboxylic acids is 1. The van der Waals surface area contributed by atoms with Crippen molar-refractivity contribution in [1.82, 2.24) is 5.32 Å². The monoisotopic (exact) mass is 328 g/mol. The molecule has 19 heavy (non-hydrogen) atoms. The Kier molecular flexibility index (Phi) is 3.32. The lowest BCUT2D eigenvalue weighted by Crippen LogP contribution is -2.69. The summed E-state index contributed by atoms with van der Waals surface area (Å²) in [4.78, 5) is 12.0. The number of nitrogens with one attached hydrogen (secondary N) is 1. The van der Waals surface area contributed by atoms with Gasteiger partial charge in [-0.1, -0.05) is 15.9 Å². The Bertz CT molecular complexity index is 525. The topological polar surface area (TPSA) is 64.3 Å². The predicted molar refractivity (Wildman–Crippen MR) is 71.2 cm³/mol. The molecule has 3 rings (SSSR count). The fourth-order valence-electron chi connectivity index (χ4n) is 2.83. The van der Waals surface area contributed by atoms with Crippen LogP contribution in [0.2, 0.25) is 0 Å². The van der Waals surface area contributed by atoms with Crippen molar-refractivity contribution < 1.29 is 13.9 Å². The fraction of sp³-hybridized carbons (Fsp3) is 0.462. The second kappa shape index (κ2) is 4.85. The molecule has 0 radical (unpaired) electrons. The van der Waals surface area contributed by atoms with Crippen LogP contribution < -0.4 is 11.1 Å². The molecule has 0 spiro atoms. The van der Waals surface area contributed by atoms with Crippen LogP contribution in [0.5, 0.6) is 0 Å². The van der Waals surface area contributed by atoms with E-state index in [1.165, 1.54) is 12.1 Å². The van der Waals surface area contributed by atoms with Crippen molar-refractivity contribution in [2.24, 2.45) is 11.7 Å². The van der Waals surface area contributed by atoms with E-state index in [-0.39, 0.29) is 23.8 Å². The molecule has 102 valence electrons. The number of ether oxygens (including phenoxy) is 1. The Hall–Kier alpha value is -0.980. The molecule has 4 nitrogen and oxygen atoms in total. The van der Waals surface area contributed by atoms with E-state index >= 15 is 0 Å². The van der Waals surface area contributed by atoms with E-state index in [1.807, 2.05) is 0 Å². The van der Waals surface area contributed by atoms with Crippen LogP contribution in [0.4, 0.5) is 4.39 Å². The van der Waals surface area contributed by atoms with Crippen molar-refractivity contribution in [2.75, 3.05) is 6.61 Å². The summed E-state index contributed by atoms with van der Waals surface area (Å²) in [6.45, 7) is 0.683. The van der Waals surface area contributed by atoms with Crippen molar-refractivity contribution >= 4 is 21.8 Å². The number of benzene rings is 1. The van der Waals surface area contributed by atoms with Crippen molar-refractivity contribution in [2.45, 2.75) is 24.6 Å². The minimum absolute atomic E-state index is 0.0162. The Labute approximate surface area is 118 Å². The number of halogens is 2. The minimum atomic E-state index is -0.552. The molecule has 4 unspecified atom stereocenters. The fourth-order valence-corrected chi connectivity index (χ4v) is 3.16. The molecule has 1 heterocycles. The van der Waals surface area contributed by atoms with E-state index in [1.54, 1.807) is 6.07 Å². The number of rotatable bonds is 2. The standard InChI is InChI=1S/C13H14BrFN2O2/c14-6-1-2-7(9(15)5-6)13(18)17-11-10(16)8-3-4-19-12(8)11/h1-2,5,8,10-12H,3-4,16H2,(H,17,18). The maximum atomic E-state index is 13.7. The summed E-state index contributed by atoms with van der Waals surface area (Å²) in [5.74, 6) is -0.678. The van der Waals surface area contributed by atoms with Crippen molar-refractivity contribution in [3.05, 3.63) is 34.1 Å². The molecule has 3 N–H and O–H groups in total. The first-order valence-electron chi connectivity index (χ1n) is 6.21. The second-order valence-corrected chi connectivity index (χ2v) is 5.90. The molecule has 0 aromatic heterocycles. The molecule has 1 aromatic carbocycles. The van der Waals surface area contributed by atoms with Crippen LogP contribution in [-0.4, -0.2) is 30.7 Å². The number of nitrogens with two attached hydrogens (primary N) is 1. The summed E-state index contributed by atoms with van der Waals surface area (Å²) < 4.78 is 19.8. The Morgan fingerprint density at radius 1 is 1.53 bits per heavy atom. The third-order valence-corrected chi connectivity index (χ3v) is 4.41. The normalized spacial score (nSPS) is 32.6. The van der Waals surface area contributed by atoms with E-state index in [0.717, 1.165) is 6.42 Å². The van der Waals surface area contributed by atoms with Gasteiger partial charge in [-0.3, -0.25) is 4.79 Å². The number of amides is 1. The summed E-state index contributed by atoms with van der Waals surface area (Å²) >= 11 is 3.16. The number of fused-ring (bicyclic) bond motifs is 1. The van der Waals surface area contributed by atoms with Gasteiger partial charge in [0.25, 0.3) is 5.91 Å². The highest BCUT2D eigenvalue weighted by Gasteiger charge is 2.52. The quantitative estimate of drug-likeness (QED) is 0.863. The van der Waals surface area contributed by atoms with Crippen LogP contribution in [-0.2, 0) is 4.74 Å². The molecule has 6 heteroatoms. The Morgan fingerprint density at radius 2 is 2.32 bits per heavy atom. The summed E-state index contributed by atoms with van der Waals surface area (Å²) in [6, 6.07) is 4.03. The molecule has 1 aromatic rings. The van der Waals surface area contributed by atoms with Gasteiger partial charge in [-0.25, -0.2) is 4.39 Å². The lowest BCUT2D eigenvalue weighted by atomic mass is 9.72. The zero-order valence-electron chi connectivity index (χ0n) is 10.1. The van der Waals surface area contributed by atoms with Gasteiger partial charge in [-0.15, -0.1) is 0 Å². The molecule has 1 aliphatic heterocycles. The van der Waals surface area contributed by atoms with Gasteiger partial charge in [0.2, 0.25) is 0 Å². The number of carbonyl (C=O) groups is 1. The number of hydrogen-bond acceptors (Lipinski definition) is 3. The zero-order chi connectivity index (χ0) is 13.6. The van der Waals surface area contributed by atoms with Crippen LogP contribution in [0.25, 0.3) is 0 Å². The zero-order valence-corrected chi connectivity index (χ0v) is 11.7. The molecule has 2 aliphatic rings. The highest BCUT2D eigenvalue weighted by molar-refractivity contribution is 9.10. The van der Waals surface area contributed by atoms with Crippen LogP contribution in [0.15, 0.2) is 22.7 Å². The van der Waals surface area contributed by atoms with Crippen molar-refractivity contribution in [3.8, 4) is 0 Å². The van der Waals surface area contributed by atoms with Gasteiger partial charge in [0.1, 0.15) is 5.82 Å². The molecule has 4 atom stereocenters. The first kappa shape index (κ1) is 13.0. The summed E-state index contributed by atoms with van der Waals surface area (Å²) in [5.41, 5.74) is 6.03. The SMILES string of the molecule is NC1C2CCOC2C1NC(=O)c1ccc(Br)cc1F. The van der Waals surface area contributed by atoms with Gasteiger partial charge < -0.3 is 15.8 Å². The first-order chi connectivity index (χ1) is 9.08. The van der Waals surface area contributed by atoms with E-state index < -0.39 is 11.7 Å². The molecule has 0 bridgehead atoms. The van der Waals surface area contributed by atoms with Crippen molar-refractivity contribution in [1.29, 1.82) is 0 Å². The second-order valence-electron chi connectivity index (χ2n) is 4.99. The minimum Gasteiger partial charge on any atom is -0.376 e. The maximum absolute atomic E-state index is 13.7. The molecule has 2 fully saturated rings. The summed E-state index contributed by atoms with van der Waals surface area (Å²) in [5, 5.41) is 2.77. The van der Waals surface area contributed by atoms with Gasteiger partial charge in [0.15, 0.2) is 0 Å². The highest BCUT2D eigenvalue weighted by Crippen LogP contribution is 2.37. The van der Waals surface area contributed by atoms with Crippen molar-refractivity contribution in [3.63, 3.8) is 0 Å². The van der Waals surface area contributed by atoms with Crippen LogP contribution in [0.3, 0.4) is 0 Å². The van der Waals surface area contributed by atoms with Gasteiger partial charge in [-0.2, -0.15) is 0 Å². The molecule has 1 amide bonds. The van der Waals surface area contributed by atoms with E-state index in [2.05, 4.69) is 21.2 Å². The first-order valence-corrected chi connectivity index (χ1v) is 7.00. The average Bonchev–Trinajstić information content (AvgIpc) is 2.80. The van der Waals surface area contributed by atoms with Crippen LogP contribution in [0.1, 0.15) is 16.8 Å². The Morgan fingerprint density at radius 3 is 3.05 bits per heavy atom. The van der Waals surface area contributed by atoms with Gasteiger partial charge in [-0.05, 0) is 24.6 Å². The van der Waals surface area contributed by atoms with Crippen LogP contribution in [0, 0.1) is 11.7 Å². The molecule has 1 aliphatic carbocycles. The van der Waals surface area contributed by atoms with Gasteiger partial charge in [0.05, 0.1) is 17.7 Å². The van der Waals surface area contributed by atoms with E-state index in [0.29, 0.717) is 17.0 Å². The molecule has 1 saturated carbocycles. The lowest BCUT2D eigenvalue weighted by Gasteiger charge is -2.45. The third kappa shape index (κ3) is 2.17. The summed E-state index contributed by atoms with van der Waals surface area (Å²) in [6.07, 6.45) is 0.919. The maximum Gasteiger partial charge on any atom is 0.254 e. The van der Waals surface area contributed by atoms with Gasteiger partial charge in [0, 0.05) is 23.0 Å². The number of hydrogen-bond donors (Lipinski definition) is 2. The van der Waals surface area contributed by atoms with Gasteiger partial charge >= 0.3 is 0 Å². The predicted octanol–water partition coefficient (Wildman–Crippen LogP) is 1.43. The highest BCUT2D eigenvalue weighted by atomic mass is 79.9. The lowest BCUT2D eigenvalue weighted by molar-refractivity contribution is -0.0161. The van der Waals surface area contributed by atoms with E-state index in [9.17, 15) is 9.18 Å². The molecular formula is C13H14BrFN2O2.